The number of hydrogen-bond donors (Lipinski definition) is 1. The van der Waals surface area contributed by atoms with Crippen LogP contribution in [0.4, 0.5) is 10.5 Å². The van der Waals surface area contributed by atoms with Crippen LogP contribution in [-0.4, -0.2) is 62.9 Å². The van der Waals surface area contributed by atoms with E-state index in [1.807, 2.05) is 43.4 Å². The molecule has 8 nitrogen and oxygen atoms in total. The highest BCUT2D eigenvalue weighted by atomic mass is 127. The fourth-order valence-corrected chi connectivity index (χ4v) is 5.45. The van der Waals surface area contributed by atoms with Crippen LogP contribution >= 0.6 is 50.1 Å². The Labute approximate surface area is 210 Å². The van der Waals surface area contributed by atoms with Gasteiger partial charge in [-0.15, -0.1) is 0 Å². The largest absolute Gasteiger partial charge is 0.444 e. The van der Waals surface area contributed by atoms with Crippen LogP contribution in [0, 0.1) is 3.57 Å². The van der Waals surface area contributed by atoms with Crippen molar-refractivity contribution in [1.29, 1.82) is 0 Å². The molecule has 174 valence electrons. The third-order valence-corrected chi connectivity index (χ3v) is 7.78. The number of ether oxygens (including phenoxy) is 1. The molecule has 2 rings (SSSR count). The van der Waals surface area contributed by atoms with Crippen LogP contribution in [0.1, 0.15) is 33.6 Å². The Morgan fingerprint density at radius 3 is 2.42 bits per heavy atom. The van der Waals surface area contributed by atoms with Crippen molar-refractivity contribution in [2.24, 2.45) is 0 Å². The van der Waals surface area contributed by atoms with Gasteiger partial charge in [0.25, 0.3) is 0 Å². The lowest BCUT2D eigenvalue weighted by atomic mass is 10.1. The smallest absolute Gasteiger partial charge is 0.410 e. The molecule has 1 aromatic rings. The molecule has 2 amide bonds. The number of hydrogen-bond acceptors (Lipinski definition) is 5. The molecule has 1 N–H and O–H groups in total. The van der Waals surface area contributed by atoms with Crippen LogP contribution in [0.2, 0.25) is 5.02 Å². The summed E-state index contributed by atoms with van der Waals surface area (Å²) in [6.45, 7) is 5.97. The first-order chi connectivity index (χ1) is 14.2. The van der Waals surface area contributed by atoms with Gasteiger partial charge in [-0.05, 0) is 68.3 Å². The molecule has 0 saturated carbocycles. The number of rotatable bonds is 5. The van der Waals surface area contributed by atoms with Gasteiger partial charge in [0.2, 0.25) is 15.9 Å². The predicted molar refractivity (Wildman–Crippen MR) is 133 cm³/mol. The van der Waals surface area contributed by atoms with E-state index in [9.17, 15) is 18.0 Å². The van der Waals surface area contributed by atoms with E-state index in [4.69, 9.17) is 16.3 Å². The molecule has 0 unspecified atom stereocenters. The summed E-state index contributed by atoms with van der Waals surface area (Å²) in [7, 11) is -3.73. The number of carbonyl (C=O) groups excluding carboxylic acids is 2. The van der Waals surface area contributed by atoms with Crippen LogP contribution in [0.5, 0.6) is 0 Å². The lowest BCUT2D eigenvalue weighted by Gasteiger charge is -2.34. The highest BCUT2D eigenvalue weighted by molar-refractivity contribution is 14.1. The van der Waals surface area contributed by atoms with E-state index in [2.05, 4.69) is 21.2 Å². The summed E-state index contributed by atoms with van der Waals surface area (Å²) in [5.74, 6) is -0.423. The van der Waals surface area contributed by atoms with Gasteiger partial charge in [-0.25, -0.2) is 13.2 Å². The van der Waals surface area contributed by atoms with Crippen LogP contribution in [0.25, 0.3) is 0 Å². The molecule has 0 radical (unpaired) electrons. The number of amides is 2. The molecule has 0 bridgehead atoms. The summed E-state index contributed by atoms with van der Waals surface area (Å²) in [5.41, 5.74) is -0.234. The maximum absolute atomic E-state index is 12.7. The summed E-state index contributed by atoms with van der Waals surface area (Å²) in [6.07, 6.45) is 1.79. The fourth-order valence-electron chi connectivity index (χ4n) is 3.04. The first kappa shape index (κ1) is 26.5. The second-order valence-electron chi connectivity index (χ2n) is 8.30. The number of sulfonamides is 1. The van der Waals surface area contributed by atoms with E-state index >= 15 is 0 Å². The SMILES string of the molecule is CC(C)(C)OC(=O)N1CCC(NC(=O)CN(c2cc(Br)cc(Cl)c2I)S(C)(=O)=O)CC1. The average molecular weight is 651 g/mol. The number of likely N-dealkylation sites (tertiary alicyclic amines) is 1. The minimum Gasteiger partial charge on any atom is -0.444 e. The molecule has 0 atom stereocenters. The van der Waals surface area contributed by atoms with Crippen LogP contribution in [-0.2, 0) is 19.6 Å². The summed E-state index contributed by atoms with van der Waals surface area (Å²) >= 11 is 11.5. The number of anilines is 1. The van der Waals surface area contributed by atoms with E-state index in [1.54, 1.807) is 17.0 Å². The number of carbonyl (C=O) groups is 2. The first-order valence-corrected chi connectivity index (χ1v) is 13.7. The molecular weight excluding hydrogens is 625 g/mol. The van der Waals surface area contributed by atoms with E-state index in [-0.39, 0.29) is 18.7 Å². The second kappa shape index (κ2) is 10.4. The number of nitrogens with zero attached hydrogens (tertiary/aromatic N) is 2. The van der Waals surface area contributed by atoms with Crippen molar-refractivity contribution in [2.75, 3.05) is 30.2 Å². The lowest BCUT2D eigenvalue weighted by Crippen LogP contribution is -2.50. The van der Waals surface area contributed by atoms with Crippen LogP contribution in [0.15, 0.2) is 16.6 Å². The molecule has 0 aliphatic carbocycles. The molecule has 1 heterocycles. The Morgan fingerprint density at radius 2 is 1.90 bits per heavy atom. The lowest BCUT2D eigenvalue weighted by molar-refractivity contribution is -0.120. The molecule has 1 aliphatic heterocycles. The van der Waals surface area contributed by atoms with E-state index < -0.39 is 21.5 Å². The normalized spacial score (nSPS) is 15.5. The molecular formula is C19H26BrClIN3O5S. The van der Waals surface area contributed by atoms with Crippen LogP contribution < -0.4 is 9.62 Å². The van der Waals surface area contributed by atoms with E-state index in [0.29, 0.717) is 44.7 Å². The molecule has 1 aliphatic rings. The van der Waals surface area contributed by atoms with Crippen molar-refractivity contribution < 1.29 is 22.7 Å². The van der Waals surface area contributed by atoms with Gasteiger partial charge < -0.3 is 15.0 Å². The standard InChI is InChI=1S/C19H26BrClIN3O5S/c1-19(2,3)30-18(27)24-7-5-13(6-8-24)23-16(26)11-25(31(4,28)29)15-10-12(20)9-14(21)17(15)22/h9-10,13H,5-8,11H2,1-4H3,(H,23,26). The number of piperidine rings is 1. The topological polar surface area (TPSA) is 96.0 Å². The van der Waals surface area contributed by atoms with E-state index in [1.165, 1.54) is 0 Å². The van der Waals surface area contributed by atoms with Gasteiger partial charge in [-0.1, -0.05) is 27.5 Å². The van der Waals surface area contributed by atoms with Gasteiger partial charge in [0.15, 0.2) is 0 Å². The number of halogens is 3. The zero-order chi connectivity index (χ0) is 23.6. The van der Waals surface area contributed by atoms with Crippen molar-refractivity contribution in [3.8, 4) is 0 Å². The molecule has 0 aromatic heterocycles. The van der Waals surface area contributed by atoms with E-state index in [0.717, 1.165) is 10.6 Å². The first-order valence-electron chi connectivity index (χ1n) is 9.57. The average Bonchev–Trinajstić information content (AvgIpc) is 2.61. The Hall–Kier alpha value is -0.790. The third-order valence-electron chi connectivity index (χ3n) is 4.44. The molecule has 1 fully saturated rings. The van der Waals surface area contributed by atoms with Crippen molar-refractivity contribution >= 4 is 77.8 Å². The van der Waals surface area contributed by atoms with Crippen molar-refractivity contribution in [1.82, 2.24) is 10.2 Å². The van der Waals surface area contributed by atoms with Crippen molar-refractivity contribution in [2.45, 2.75) is 45.3 Å². The minimum atomic E-state index is -3.73. The Morgan fingerprint density at radius 1 is 1.32 bits per heavy atom. The van der Waals surface area contributed by atoms with Crippen LogP contribution in [0.3, 0.4) is 0 Å². The quantitative estimate of drug-likeness (QED) is 0.384. The number of benzene rings is 1. The van der Waals surface area contributed by atoms with Gasteiger partial charge in [0, 0.05) is 23.6 Å². The van der Waals surface area contributed by atoms with Gasteiger partial charge in [-0.3, -0.25) is 9.10 Å². The predicted octanol–water partition coefficient (Wildman–Crippen LogP) is 3.99. The highest BCUT2D eigenvalue weighted by Gasteiger charge is 2.29. The second-order valence-corrected chi connectivity index (χ2v) is 12.6. The Bertz CT molecular complexity index is 947. The zero-order valence-corrected chi connectivity index (χ0v) is 23.1. The van der Waals surface area contributed by atoms with Crippen molar-refractivity contribution in [3.05, 3.63) is 25.2 Å². The van der Waals surface area contributed by atoms with Gasteiger partial charge in [0.05, 0.1) is 20.5 Å². The summed E-state index contributed by atoms with van der Waals surface area (Å²) in [6, 6.07) is 3.12. The summed E-state index contributed by atoms with van der Waals surface area (Å²) in [4.78, 5) is 26.4. The minimum absolute atomic E-state index is 0.155. The highest BCUT2D eigenvalue weighted by Crippen LogP contribution is 2.34. The third kappa shape index (κ3) is 7.93. The molecule has 12 heteroatoms. The Balaban J connectivity index is 2.02. The molecule has 0 spiro atoms. The van der Waals surface area contributed by atoms with Gasteiger partial charge in [-0.2, -0.15) is 0 Å². The van der Waals surface area contributed by atoms with Gasteiger partial charge in [0.1, 0.15) is 12.1 Å². The molecule has 1 saturated heterocycles. The summed E-state index contributed by atoms with van der Waals surface area (Å²) in [5, 5.41) is 3.26. The number of nitrogens with one attached hydrogen (secondary N) is 1. The van der Waals surface area contributed by atoms with Crippen molar-refractivity contribution in [3.63, 3.8) is 0 Å². The molecule has 31 heavy (non-hydrogen) atoms. The maximum Gasteiger partial charge on any atom is 0.410 e. The fraction of sp³-hybridized carbons (Fsp3) is 0.579. The maximum atomic E-state index is 12.7. The van der Waals surface area contributed by atoms with Gasteiger partial charge >= 0.3 is 6.09 Å². The Kier molecular flexibility index (Phi) is 8.90. The monoisotopic (exact) mass is 649 g/mol. The molecule has 1 aromatic carbocycles. The zero-order valence-electron chi connectivity index (χ0n) is 17.7. The summed E-state index contributed by atoms with van der Waals surface area (Å²) < 4.78 is 32.3.